The molecule has 5 nitrogen and oxygen atoms in total. The molecule has 0 N–H and O–H groups in total. The van der Waals surface area contributed by atoms with Crippen LogP contribution in [0.1, 0.15) is 47.0 Å². The van der Waals surface area contributed by atoms with Gasteiger partial charge in [0.2, 0.25) is 0 Å². The molecular formula is C16H25NO4. The van der Waals surface area contributed by atoms with Crippen LogP contribution in [0.3, 0.4) is 0 Å². The van der Waals surface area contributed by atoms with Crippen molar-refractivity contribution in [3.05, 3.63) is 11.6 Å². The van der Waals surface area contributed by atoms with Crippen LogP contribution in [0.2, 0.25) is 0 Å². The second-order valence-corrected chi connectivity index (χ2v) is 7.06. The van der Waals surface area contributed by atoms with Crippen molar-refractivity contribution in [1.82, 2.24) is 4.90 Å². The van der Waals surface area contributed by atoms with E-state index in [4.69, 9.17) is 9.47 Å². The van der Waals surface area contributed by atoms with Gasteiger partial charge in [0, 0.05) is 19.2 Å². The molecule has 1 spiro atoms. The van der Waals surface area contributed by atoms with Gasteiger partial charge in [-0.25, -0.2) is 9.59 Å². The van der Waals surface area contributed by atoms with Gasteiger partial charge >= 0.3 is 12.1 Å². The first-order chi connectivity index (χ1) is 9.73. The molecule has 0 aromatic carbocycles. The van der Waals surface area contributed by atoms with Crippen LogP contribution in [-0.4, -0.2) is 42.3 Å². The monoisotopic (exact) mass is 295 g/mol. The molecule has 5 heteroatoms. The predicted octanol–water partition coefficient (Wildman–Crippen LogP) is 2.90. The number of esters is 1. The zero-order valence-electron chi connectivity index (χ0n) is 13.4. The number of carbonyl (C=O) groups excluding carboxylic acids is 2. The van der Waals surface area contributed by atoms with Gasteiger partial charge in [-0.3, -0.25) is 0 Å². The maximum Gasteiger partial charge on any atom is 0.410 e. The van der Waals surface area contributed by atoms with Gasteiger partial charge in [-0.05, 0) is 52.4 Å². The maximum absolute atomic E-state index is 12.0. The molecule has 118 valence electrons. The molecule has 0 atom stereocenters. The summed E-state index contributed by atoms with van der Waals surface area (Å²) >= 11 is 0. The van der Waals surface area contributed by atoms with Crippen LogP contribution in [0.15, 0.2) is 11.6 Å². The lowest BCUT2D eigenvalue weighted by atomic mass is 9.65. The molecule has 2 aliphatic rings. The van der Waals surface area contributed by atoms with E-state index in [0.29, 0.717) is 6.61 Å². The molecule has 21 heavy (non-hydrogen) atoms. The van der Waals surface area contributed by atoms with E-state index in [0.717, 1.165) is 37.9 Å². The van der Waals surface area contributed by atoms with Gasteiger partial charge in [-0.2, -0.15) is 0 Å². The Morgan fingerprint density at radius 3 is 2.57 bits per heavy atom. The zero-order valence-corrected chi connectivity index (χ0v) is 13.4. The molecule has 0 bridgehead atoms. The quantitative estimate of drug-likeness (QED) is 0.580. The minimum Gasteiger partial charge on any atom is -0.463 e. The standard InChI is InChI=1S/C16H25NO4/c1-5-20-13(18)8-12-9-16(10-12)6-7-17(11-16)14(19)21-15(2,3)4/h8H,5-7,9-11H2,1-4H3. The lowest BCUT2D eigenvalue weighted by Crippen LogP contribution is -2.39. The van der Waals surface area contributed by atoms with Crippen molar-refractivity contribution in [3.63, 3.8) is 0 Å². The predicted molar refractivity (Wildman–Crippen MR) is 78.8 cm³/mol. The Balaban J connectivity index is 1.84. The van der Waals surface area contributed by atoms with Crippen molar-refractivity contribution in [1.29, 1.82) is 0 Å². The fourth-order valence-corrected chi connectivity index (χ4v) is 3.07. The van der Waals surface area contributed by atoms with E-state index in [-0.39, 0.29) is 17.5 Å². The molecule has 2 rings (SSSR count). The Hall–Kier alpha value is -1.52. The first-order valence-corrected chi connectivity index (χ1v) is 7.57. The zero-order chi connectivity index (χ0) is 15.7. The van der Waals surface area contributed by atoms with Crippen LogP contribution < -0.4 is 0 Å². The van der Waals surface area contributed by atoms with Crippen molar-refractivity contribution < 1.29 is 19.1 Å². The maximum atomic E-state index is 12.0. The lowest BCUT2D eigenvalue weighted by molar-refractivity contribution is -0.137. The summed E-state index contributed by atoms with van der Waals surface area (Å²) < 4.78 is 10.3. The fraction of sp³-hybridized carbons (Fsp3) is 0.750. The van der Waals surface area contributed by atoms with Crippen molar-refractivity contribution in [2.24, 2.45) is 5.41 Å². The normalized spacial score (nSPS) is 24.8. The van der Waals surface area contributed by atoms with E-state index in [1.54, 1.807) is 17.9 Å². The topological polar surface area (TPSA) is 55.8 Å². The van der Waals surface area contributed by atoms with Crippen molar-refractivity contribution in [2.45, 2.75) is 52.6 Å². The lowest BCUT2D eigenvalue weighted by Gasteiger charge is -2.40. The van der Waals surface area contributed by atoms with E-state index in [9.17, 15) is 9.59 Å². The average molecular weight is 295 g/mol. The Morgan fingerprint density at radius 1 is 1.33 bits per heavy atom. The van der Waals surface area contributed by atoms with Crippen LogP contribution in [0, 0.1) is 5.41 Å². The first-order valence-electron chi connectivity index (χ1n) is 7.57. The number of nitrogens with zero attached hydrogens (tertiary/aromatic N) is 1. The van der Waals surface area contributed by atoms with E-state index in [1.165, 1.54) is 0 Å². The van der Waals surface area contributed by atoms with Crippen LogP contribution in [0.25, 0.3) is 0 Å². The number of likely N-dealkylation sites (tertiary alicyclic amines) is 1. The second kappa shape index (κ2) is 5.70. The molecule has 2 fully saturated rings. The van der Waals surface area contributed by atoms with Crippen molar-refractivity contribution in [2.75, 3.05) is 19.7 Å². The summed E-state index contributed by atoms with van der Waals surface area (Å²) in [6.07, 6.45) is 4.11. The van der Waals surface area contributed by atoms with Crippen LogP contribution in [-0.2, 0) is 14.3 Å². The third-order valence-corrected chi connectivity index (χ3v) is 3.90. The largest absolute Gasteiger partial charge is 0.463 e. The summed E-state index contributed by atoms with van der Waals surface area (Å²) in [5.41, 5.74) is 0.816. The van der Waals surface area contributed by atoms with Gasteiger partial charge in [0.05, 0.1) is 6.61 Å². The highest BCUT2D eigenvalue weighted by molar-refractivity contribution is 5.83. The van der Waals surface area contributed by atoms with E-state index < -0.39 is 5.60 Å². The van der Waals surface area contributed by atoms with E-state index in [2.05, 4.69) is 0 Å². The Bertz CT molecular complexity index is 453. The van der Waals surface area contributed by atoms with Gasteiger partial charge in [-0.15, -0.1) is 0 Å². The summed E-state index contributed by atoms with van der Waals surface area (Å²) in [6, 6.07) is 0. The average Bonchev–Trinajstić information content (AvgIpc) is 2.71. The van der Waals surface area contributed by atoms with Gasteiger partial charge in [0.15, 0.2) is 0 Å². The molecule has 1 aliphatic carbocycles. The second-order valence-electron chi connectivity index (χ2n) is 7.06. The molecule has 1 aliphatic heterocycles. The van der Waals surface area contributed by atoms with Gasteiger partial charge in [0.1, 0.15) is 5.60 Å². The number of amides is 1. The number of rotatable bonds is 2. The number of allylic oxidation sites excluding steroid dienone is 1. The molecule has 1 heterocycles. The van der Waals surface area contributed by atoms with Crippen molar-refractivity contribution >= 4 is 12.1 Å². The third-order valence-electron chi connectivity index (χ3n) is 3.90. The highest BCUT2D eigenvalue weighted by Crippen LogP contribution is 2.51. The molecule has 1 amide bonds. The SMILES string of the molecule is CCOC(=O)C=C1CC2(CCN(C(=O)OC(C)(C)C)C2)C1. The van der Waals surface area contributed by atoms with Gasteiger partial charge in [0.25, 0.3) is 0 Å². The summed E-state index contributed by atoms with van der Waals surface area (Å²) in [6.45, 7) is 9.29. The summed E-state index contributed by atoms with van der Waals surface area (Å²) in [7, 11) is 0. The molecule has 0 aromatic heterocycles. The van der Waals surface area contributed by atoms with E-state index in [1.807, 2.05) is 20.8 Å². The first kappa shape index (κ1) is 15.9. The number of hydrogen-bond donors (Lipinski definition) is 0. The minimum absolute atomic E-state index is 0.148. The summed E-state index contributed by atoms with van der Waals surface area (Å²) in [5.74, 6) is -0.260. The minimum atomic E-state index is -0.457. The fourth-order valence-electron chi connectivity index (χ4n) is 3.07. The number of carbonyl (C=O) groups is 2. The van der Waals surface area contributed by atoms with Gasteiger partial charge in [-0.1, -0.05) is 5.57 Å². The molecule has 1 saturated carbocycles. The summed E-state index contributed by atoms with van der Waals surface area (Å²) in [5, 5.41) is 0. The van der Waals surface area contributed by atoms with Crippen LogP contribution in [0.4, 0.5) is 4.79 Å². The highest BCUT2D eigenvalue weighted by atomic mass is 16.6. The Morgan fingerprint density at radius 2 is 2.00 bits per heavy atom. The van der Waals surface area contributed by atoms with Crippen molar-refractivity contribution in [3.8, 4) is 0 Å². The van der Waals surface area contributed by atoms with Crippen LogP contribution >= 0.6 is 0 Å². The number of hydrogen-bond acceptors (Lipinski definition) is 4. The third kappa shape index (κ3) is 3.99. The number of ether oxygens (including phenoxy) is 2. The Kier molecular flexibility index (Phi) is 4.30. The molecule has 0 radical (unpaired) electrons. The molecule has 0 unspecified atom stereocenters. The van der Waals surface area contributed by atoms with E-state index >= 15 is 0 Å². The highest BCUT2D eigenvalue weighted by Gasteiger charge is 2.47. The molecule has 0 aromatic rings. The molecular weight excluding hydrogens is 270 g/mol. The van der Waals surface area contributed by atoms with Crippen LogP contribution in [0.5, 0.6) is 0 Å². The Labute approximate surface area is 126 Å². The smallest absolute Gasteiger partial charge is 0.410 e. The summed E-state index contributed by atoms with van der Waals surface area (Å²) in [4.78, 5) is 25.2. The van der Waals surface area contributed by atoms with Gasteiger partial charge < -0.3 is 14.4 Å². The molecule has 1 saturated heterocycles.